The smallest absolute Gasteiger partial charge is 0.0355 e. The van der Waals surface area contributed by atoms with E-state index in [1.807, 2.05) is 39.0 Å². The molecule has 4 aromatic carbocycles. The van der Waals surface area contributed by atoms with E-state index in [4.69, 9.17) is 0 Å². The third kappa shape index (κ3) is 3.74. The van der Waals surface area contributed by atoms with Crippen molar-refractivity contribution in [2.24, 2.45) is 0 Å². The van der Waals surface area contributed by atoms with Crippen LogP contribution in [0, 0.1) is 0 Å². The van der Waals surface area contributed by atoms with Crippen LogP contribution in [-0.2, 0) is 0 Å². The molecule has 0 amide bonds. The summed E-state index contributed by atoms with van der Waals surface area (Å²) in [5.41, 5.74) is 2.56. The Balaban J connectivity index is 0.000000495. The molecule has 27 heavy (non-hydrogen) atoms. The van der Waals surface area contributed by atoms with Crippen molar-refractivity contribution in [3.05, 3.63) is 84.9 Å². The molecule has 1 heterocycles. The SMILES string of the molecule is CC.CC.c1ccc2cc(-c3ccc4sc5ccccc5c4c3)ccc2c1. The molecule has 1 aromatic heterocycles. The fourth-order valence-electron chi connectivity index (χ4n) is 3.27. The van der Waals surface area contributed by atoms with E-state index >= 15 is 0 Å². The third-order valence-electron chi connectivity index (χ3n) is 4.46. The van der Waals surface area contributed by atoms with Crippen LogP contribution in [0.2, 0.25) is 0 Å². The highest BCUT2D eigenvalue weighted by atomic mass is 32.1. The summed E-state index contributed by atoms with van der Waals surface area (Å²) in [7, 11) is 0. The van der Waals surface area contributed by atoms with E-state index in [2.05, 4.69) is 84.9 Å². The highest BCUT2D eigenvalue weighted by molar-refractivity contribution is 7.25. The monoisotopic (exact) mass is 370 g/mol. The standard InChI is InChI=1S/C22H14S.2C2H6/c1-2-6-16-13-17(10-9-15(16)5-1)18-11-12-22-20(14-18)19-7-3-4-8-21(19)23-22;2*1-2/h1-14H;2*1-2H3. The van der Waals surface area contributed by atoms with Gasteiger partial charge in [0.05, 0.1) is 0 Å². The minimum atomic E-state index is 1.28. The van der Waals surface area contributed by atoms with Gasteiger partial charge in [0.2, 0.25) is 0 Å². The number of thiophene rings is 1. The second kappa shape index (κ2) is 8.83. The number of rotatable bonds is 1. The number of benzene rings is 4. The van der Waals surface area contributed by atoms with Crippen molar-refractivity contribution in [1.82, 2.24) is 0 Å². The fraction of sp³-hybridized carbons (Fsp3) is 0.154. The predicted molar refractivity (Wildman–Crippen MR) is 125 cm³/mol. The predicted octanol–water partition coefficient (Wildman–Crippen LogP) is 8.93. The molecule has 0 bridgehead atoms. The van der Waals surface area contributed by atoms with Crippen LogP contribution in [0.4, 0.5) is 0 Å². The summed E-state index contributed by atoms with van der Waals surface area (Å²) in [4.78, 5) is 0. The molecule has 0 nitrogen and oxygen atoms in total. The van der Waals surface area contributed by atoms with E-state index in [1.165, 1.54) is 42.1 Å². The van der Waals surface area contributed by atoms with E-state index < -0.39 is 0 Å². The van der Waals surface area contributed by atoms with Crippen molar-refractivity contribution < 1.29 is 0 Å². The average Bonchev–Trinajstić information content (AvgIpc) is 3.14. The van der Waals surface area contributed by atoms with Crippen LogP contribution in [0.1, 0.15) is 27.7 Å². The van der Waals surface area contributed by atoms with Crippen molar-refractivity contribution >= 4 is 42.3 Å². The van der Waals surface area contributed by atoms with Crippen LogP contribution in [-0.4, -0.2) is 0 Å². The molecule has 5 rings (SSSR count). The lowest BCUT2D eigenvalue weighted by Gasteiger charge is -2.05. The quantitative estimate of drug-likeness (QED) is 0.276. The van der Waals surface area contributed by atoms with Gasteiger partial charge in [-0.15, -0.1) is 11.3 Å². The van der Waals surface area contributed by atoms with Gasteiger partial charge in [-0.2, -0.15) is 0 Å². The number of hydrogen-bond acceptors (Lipinski definition) is 1. The molecule has 1 heteroatoms. The maximum Gasteiger partial charge on any atom is 0.0355 e. The first-order valence-electron chi connectivity index (χ1n) is 9.79. The van der Waals surface area contributed by atoms with Crippen molar-refractivity contribution in [3.63, 3.8) is 0 Å². The Kier molecular flexibility index (Phi) is 6.26. The van der Waals surface area contributed by atoms with E-state index in [-0.39, 0.29) is 0 Å². The molecule has 0 aliphatic heterocycles. The second-order valence-electron chi connectivity index (χ2n) is 5.87. The van der Waals surface area contributed by atoms with Crippen LogP contribution >= 0.6 is 11.3 Å². The van der Waals surface area contributed by atoms with Gasteiger partial charge in [0.25, 0.3) is 0 Å². The minimum absolute atomic E-state index is 1.28. The van der Waals surface area contributed by atoms with Gasteiger partial charge >= 0.3 is 0 Å². The minimum Gasteiger partial charge on any atom is -0.135 e. The maximum absolute atomic E-state index is 2.33. The van der Waals surface area contributed by atoms with Gasteiger partial charge < -0.3 is 0 Å². The molecule has 136 valence electrons. The normalized spacial score (nSPS) is 10.2. The summed E-state index contributed by atoms with van der Waals surface area (Å²) in [6.45, 7) is 8.00. The molecule has 0 unspecified atom stereocenters. The zero-order valence-electron chi connectivity index (χ0n) is 16.5. The molecule has 0 aliphatic carbocycles. The van der Waals surface area contributed by atoms with Gasteiger partial charge in [-0.1, -0.05) is 88.4 Å². The summed E-state index contributed by atoms with van der Waals surface area (Å²) >= 11 is 1.87. The lowest BCUT2D eigenvalue weighted by molar-refractivity contribution is 1.50. The molecule has 0 atom stereocenters. The summed E-state index contributed by atoms with van der Waals surface area (Å²) in [6.07, 6.45) is 0. The summed E-state index contributed by atoms with van der Waals surface area (Å²) in [5.74, 6) is 0. The van der Waals surface area contributed by atoms with Crippen LogP contribution in [0.5, 0.6) is 0 Å². The Morgan fingerprint density at radius 3 is 1.89 bits per heavy atom. The summed E-state index contributed by atoms with van der Waals surface area (Å²) in [5, 5.41) is 5.30. The zero-order chi connectivity index (χ0) is 19.2. The molecule has 0 N–H and O–H groups in total. The molecule has 5 aromatic rings. The summed E-state index contributed by atoms with van der Waals surface area (Å²) in [6, 6.07) is 30.7. The van der Waals surface area contributed by atoms with E-state index in [9.17, 15) is 0 Å². The van der Waals surface area contributed by atoms with Crippen LogP contribution in [0.15, 0.2) is 84.9 Å². The molecule has 0 spiro atoms. The number of fused-ring (bicyclic) bond motifs is 4. The first kappa shape index (κ1) is 19.1. The maximum atomic E-state index is 2.33. The Morgan fingerprint density at radius 1 is 0.481 bits per heavy atom. The topological polar surface area (TPSA) is 0 Å². The third-order valence-corrected chi connectivity index (χ3v) is 5.61. The largest absolute Gasteiger partial charge is 0.135 e. The van der Waals surface area contributed by atoms with Gasteiger partial charge in [0.1, 0.15) is 0 Å². The Hall–Kier alpha value is -2.64. The highest BCUT2D eigenvalue weighted by Crippen LogP contribution is 2.36. The zero-order valence-corrected chi connectivity index (χ0v) is 17.3. The van der Waals surface area contributed by atoms with Crippen molar-refractivity contribution in [3.8, 4) is 11.1 Å². The lowest BCUT2D eigenvalue weighted by Crippen LogP contribution is -1.79. The molecule has 0 fully saturated rings. The van der Waals surface area contributed by atoms with Crippen LogP contribution < -0.4 is 0 Å². The first-order valence-corrected chi connectivity index (χ1v) is 10.6. The second-order valence-corrected chi connectivity index (χ2v) is 6.95. The first-order chi connectivity index (χ1) is 13.4. The van der Waals surface area contributed by atoms with Gasteiger partial charge in [-0.05, 0) is 46.2 Å². The van der Waals surface area contributed by atoms with Crippen molar-refractivity contribution in [2.75, 3.05) is 0 Å². The highest BCUT2D eigenvalue weighted by Gasteiger charge is 2.06. The molecule has 0 saturated carbocycles. The van der Waals surface area contributed by atoms with Gasteiger partial charge in [-0.3, -0.25) is 0 Å². The van der Waals surface area contributed by atoms with E-state index in [0.717, 1.165) is 0 Å². The summed E-state index contributed by atoms with van der Waals surface area (Å²) < 4.78 is 2.72. The van der Waals surface area contributed by atoms with Gasteiger partial charge in [-0.25, -0.2) is 0 Å². The van der Waals surface area contributed by atoms with Crippen molar-refractivity contribution in [1.29, 1.82) is 0 Å². The lowest BCUT2D eigenvalue weighted by atomic mass is 10.00. The van der Waals surface area contributed by atoms with Crippen LogP contribution in [0.25, 0.3) is 42.1 Å². The number of hydrogen-bond donors (Lipinski definition) is 0. The van der Waals surface area contributed by atoms with E-state index in [0.29, 0.717) is 0 Å². The Bertz CT molecular complexity index is 1160. The average molecular weight is 371 g/mol. The van der Waals surface area contributed by atoms with Gasteiger partial charge in [0, 0.05) is 20.2 Å². The van der Waals surface area contributed by atoms with E-state index in [1.54, 1.807) is 0 Å². The molecular weight excluding hydrogens is 344 g/mol. The fourth-order valence-corrected chi connectivity index (χ4v) is 4.36. The molecule has 0 aliphatic rings. The molecule has 0 radical (unpaired) electrons. The van der Waals surface area contributed by atoms with Crippen LogP contribution in [0.3, 0.4) is 0 Å². The van der Waals surface area contributed by atoms with Gasteiger partial charge in [0.15, 0.2) is 0 Å². The molecular formula is C26H26S. The molecule has 0 saturated heterocycles. The Labute approximate surface area is 166 Å². The Morgan fingerprint density at radius 2 is 1.07 bits per heavy atom. The van der Waals surface area contributed by atoms with Crippen molar-refractivity contribution in [2.45, 2.75) is 27.7 Å².